The fourth-order valence-corrected chi connectivity index (χ4v) is 3.33. The van der Waals surface area contributed by atoms with Crippen LogP contribution >= 0.6 is 12.4 Å². The molecule has 3 aromatic heterocycles. The number of ether oxygens (including phenoxy) is 1. The number of benzene rings is 1. The molecule has 0 radical (unpaired) electrons. The molecule has 0 aliphatic heterocycles. The predicted octanol–water partition coefficient (Wildman–Crippen LogP) is 4.62. The Labute approximate surface area is 210 Å². The van der Waals surface area contributed by atoms with Crippen LogP contribution in [-0.2, 0) is 4.74 Å². The second kappa shape index (κ2) is 11.7. The number of rotatable bonds is 8. The highest BCUT2D eigenvalue weighted by molar-refractivity contribution is 5.90. The number of carbonyl (C=O) groups is 1. The summed E-state index contributed by atoms with van der Waals surface area (Å²) < 4.78 is 43.8. The number of fused-ring (bicyclic) bond motifs is 1. The van der Waals surface area contributed by atoms with Crippen molar-refractivity contribution >= 4 is 35.6 Å². The number of halogens is 4. The van der Waals surface area contributed by atoms with Crippen molar-refractivity contribution in [2.24, 2.45) is 0 Å². The number of methoxy groups -OCH3 is 1. The van der Waals surface area contributed by atoms with Gasteiger partial charge in [-0.2, -0.15) is 13.2 Å². The smallest absolute Gasteiger partial charge is 0.383 e. The SMILES string of the molecule is COCCNc1ccc(-c2ccn3c(-c4cccc(NC(=O)NCC(F)(F)F)c4)cnc3c2)nn1.Cl. The third kappa shape index (κ3) is 6.83. The Bertz CT molecular complexity index is 1310. The molecule has 4 aromatic rings. The summed E-state index contributed by atoms with van der Waals surface area (Å²) in [5.74, 6) is 0.649. The number of hydrogen-bond acceptors (Lipinski definition) is 6. The third-order valence-corrected chi connectivity index (χ3v) is 4.95. The van der Waals surface area contributed by atoms with Gasteiger partial charge in [-0.25, -0.2) is 9.78 Å². The molecule has 0 unspecified atom stereocenters. The molecule has 4 rings (SSSR count). The number of amides is 2. The van der Waals surface area contributed by atoms with Crippen LogP contribution in [0.2, 0.25) is 0 Å². The lowest BCUT2D eigenvalue weighted by Gasteiger charge is -2.11. The maximum absolute atomic E-state index is 12.3. The maximum atomic E-state index is 12.3. The number of alkyl halides is 3. The Morgan fingerprint density at radius 3 is 2.64 bits per heavy atom. The van der Waals surface area contributed by atoms with Gasteiger partial charge in [0.05, 0.1) is 24.2 Å². The fraction of sp³-hybridized carbons (Fsp3) is 0.217. The van der Waals surface area contributed by atoms with Crippen LogP contribution in [0.25, 0.3) is 28.2 Å². The van der Waals surface area contributed by atoms with E-state index in [4.69, 9.17) is 4.74 Å². The monoisotopic (exact) mass is 521 g/mol. The molecular weight excluding hydrogens is 499 g/mol. The largest absolute Gasteiger partial charge is 0.405 e. The van der Waals surface area contributed by atoms with E-state index >= 15 is 0 Å². The number of nitrogens with one attached hydrogen (secondary N) is 3. The molecule has 13 heteroatoms. The van der Waals surface area contributed by atoms with Crippen molar-refractivity contribution in [2.45, 2.75) is 6.18 Å². The molecule has 0 aliphatic rings. The van der Waals surface area contributed by atoms with Crippen LogP contribution in [-0.4, -0.2) is 58.6 Å². The van der Waals surface area contributed by atoms with Crippen LogP contribution < -0.4 is 16.0 Å². The highest BCUT2D eigenvalue weighted by Crippen LogP contribution is 2.26. The number of hydrogen-bond donors (Lipinski definition) is 3. The minimum Gasteiger partial charge on any atom is -0.383 e. The fourth-order valence-electron chi connectivity index (χ4n) is 3.33. The van der Waals surface area contributed by atoms with Gasteiger partial charge in [0.25, 0.3) is 0 Å². The first-order chi connectivity index (χ1) is 16.8. The third-order valence-electron chi connectivity index (χ3n) is 4.95. The van der Waals surface area contributed by atoms with E-state index in [9.17, 15) is 18.0 Å². The Morgan fingerprint density at radius 1 is 1.08 bits per heavy atom. The summed E-state index contributed by atoms with van der Waals surface area (Å²) in [6.07, 6.45) is -0.963. The second-order valence-electron chi connectivity index (χ2n) is 7.51. The van der Waals surface area contributed by atoms with Gasteiger partial charge in [-0.1, -0.05) is 12.1 Å². The summed E-state index contributed by atoms with van der Waals surface area (Å²) in [6, 6.07) is 13.3. The van der Waals surface area contributed by atoms with Crippen LogP contribution in [0.5, 0.6) is 0 Å². The molecule has 0 saturated carbocycles. The Hall–Kier alpha value is -3.90. The zero-order chi connectivity index (χ0) is 24.8. The molecule has 0 bridgehead atoms. The number of anilines is 2. The Kier molecular flexibility index (Phi) is 8.67. The lowest BCUT2D eigenvalue weighted by Crippen LogP contribution is -2.36. The highest BCUT2D eigenvalue weighted by atomic mass is 35.5. The molecule has 2 amide bonds. The minimum atomic E-state index is -4.48. The second-order valence-corrected chi connectivity index (χ2v) is 7.51. The van der Waals surface area contributed by atoms with Gasteiger partial charge in [0.2, 0.25) is 0 Å². The van der Waals surface area contributed by atoms with E-state index in [-0.39, 0.29) is 12.4 Å². The normalized spacial score (nSPS) is 11.1. The molecule has 0 fully saturated rings. The predicted molar refractivity (Wildman–Crippen MR) is 132 cm³/mol. The van der Waals surface area contributed by atoms with Crippen LogP contribution in [0.15, 0.2) is 60.9 Å². The molecular formula is C23H23ClF3N7O2. The van der Waals surface area contributed by atoms with Gasteiger partial charge in [0, 0.05) is 36.7 Å². The minimum absolute atomic E-state index is 0. The lowest BCUT2D eigenvalue weighted by atomic mass is 10.1. The van der Waals surface area contributed by atoms with Crippen LogP contribution in [0.1, 0.15) is 0 Å². The van der Waals surface area contributed by atoms with Crippen molar-refractivity contribution < 1.29 is 22.7 Å². The average Bonchev–Trinajstić information content (AvgIpc) is 3.26. The zero-order valence-electron chi connectivity index (χ0n) is 19.0. The van der Waals surface area contributed by atoms with Crippen LogP contribution in [0, 0.1) is 0 Å². The Morgan fingerprint density at radius 2 is 1.92 bits per heavy atom. The summed E-state index contributed by atoms with van der Waals surface area (Å²) in [4.78, 5) is 16.2. The van der Waals surface area contributed by atoms with Crippen molar-refractivity contribution in [2.75, 3.05) is 37.4 Å². The quantitative estimate of drug-likeness (QED) is 0.292. The van der Waals surface area contributed by atoms with Gasteiger partial charge < -0.3 is 20.7 Å². The first-order valence-electron chi connectivity index (χ1n) is 10.6. The van der Waals surface area contributed by atoms with E-state index in [1.54, 1.807) is 36.8 Å². The summed E-state index contributed by atoms with van der Waals surface area (Å²) in [7, 11) is 1.63. The van der Waals surface area contributed by atoms with E-state index in [0.717, 1.165) is 16.8 Å². The van der Waals surface area contributed by atoms with Gasteiger partial charge >= 0.3 is 12.2 Å². The van der Waals surface area contributed by atoms with Gasteiger partial charge in [-0.15, -0.1) is 22.6 Å². The number of pyridine rings is 1. The van der Waals surface area contributed by atoms with Crippen molar-refractivity contribution in [3.8, 4) is 22.5 Å². The molecule has 0 atom stereocenters. The number of imidazole rings is 1. The van der Waals surface area contributed by atoms with Gasteiger partial charge in [-0.3, -0.25) is 4.40 Å². The molecule has 0 saturated heterocycles. The lowest BCUT2D eigenvalue weighted by molar-refractivity contribution is -0.122. The van der Waals surface area contributed by atoms with E-state index in [1.165, 1.54) is 0 Å². The Balaban J connectivity index is 0.00000361. The number of urea groups is 1. The van der Waals surface area contributed by atoms with Gasteiger partial charge in [0.15, 0.2) is 0 Å². The molecule has 0 spiro atoms. The van der Waals surface area contributed by atoms with Crippen LogP contribution in [0.4, 0.5) is 29.5 Å². The first kappa shape index (κ1) is 26.7. The van der Waals surface area contributed by atoms with E-state index in [2.05, 4.69) is 25.8 Å². The zero-order valence-corrected chi connectivity index (χ0v) is 19.9. The van der Waals surface area contributed by atoms with Crippen LogP contribution in [0.3, 0.4) is 0 Å². The number of aromatic nitrogens is 4. The average molecular weight is 522 g/mol. The summed E-state index contributed by atoms with van der Waals surface area (Å²) in [6.45, 7) is -0.222. The summed E-state index contributed by atoms with van der Waals surface area (Å²) >= 11 is 0. The van der Waals surface area contributed by atoms with Gasteiger partial charge in [0.1, 0.15) is 18.0 Å². The molecule has 3 N–H and O–H groups in total. The van der Waals surface area contributed by atoms with Crippen molar-refractivity contribution in [1.29, 1.82) is 0 Å². The van der Waals surface area contributed by atoms with Crippen molar-refractivity contribution in [3.63, 3.8) is 0 Å². The topological polar surface area (TPSA) is 105 Å². The van der Waals surface area contributed by atoms with E-state index in [0.29, 0.717) is 36.0 Å². The molecule has 0 aliphatic carbocycles. The first-order valence-corrected chi connectivity index (χ1v) is 10.6. The molecule has 190 valence electrons. The molecule has 1 aromatic carbocycles. The number of carbonyl (C=O) groups excluding carboxylic acids is 1. The van der Waals surface area contributed by atoms with E-state index in [1.807, 2.05) is 40.9 Å². The van der Waals surface area contributed by atoms with E-state index < -0.39 is 18.8 Å². The summed E-state index contributed by atoms with van der Waals surface area (Å²) in [5.41, 5.74) is 4.01. The standard InChI is InChI=1S/C23H22F3N7O2.ClH/c1-35-10-8-27-20-6-5-18(31-32-20)15-7-9-33-19(13-28-21(33)12-15)16-3-2-4-17(11-16)30-22(34)29-14-23(24,25)26;/h2-7,9,11-13H,8,10,14H2,1H3,(H,27,32)(H2,29,30,34);1H. The maximum Gasteiger partial charge on any atom is 0.405 e. The number of nitrogens with zero attached hydrogens (tertiary/aromatic N) is 4. The van der Waals surface area contributed by atoms with Gasteiger partial charge in [-0.05, 0) is 36.4 Å². The van der Waals surface area contributed by atoms with Crippen molar-refractivity contribution in [3.05, 3.63) is 60.9 Å². The highest BCUT2D eigenvalue weighted by Gasteiger charge is 2.27. The molecule has 3 heterocycles. The molecule has 36 heavy (non-hydrogen) atoms. The van der Waals surface area contributed by atoms with Crippen molar-refractivity contribution in [1.82, 2.24) is 24.9 Å². The summed E-state index contributed by atoms with van der Waals surface area (Å²) in [5, 5.41) is 15.7. The molecule has 9 nitrogen and oxygen atoms in total.